The van der Waals surface area contributed by atoms with Gasteiger partial charge >= 0.3 is 0 Å². The van der Waals surface area contributed by atoms with E-state index in [4.69, 9.17) is 16.3 Å². The van der Waals surface area contributed by atoms with Gasteiger partial charge in [-0.15, -0.1) is 0 Å². The SMILES string of the molecule is CN1CCN(c2cc3c4c(c2)c(=O)c(C(=O)NCCN2CCCC2)cn4-c2cc(Cl)ccc2O3)CC1. The van der Waals surface area contributed by atoms with Crippen molar-refractivity contribution in [3.8, 4) is 17.2 Å². The van der Waals surface area contributed by atoms with E-state index < -0.39 is 0 Å². The van der Waals surface area contributed by atoms with E-state index in [-0.39, 0.29) is 16.9 Å². The normalized spacial score (nSPS) is 17.8. The fraction of sp³-hybridized carbons (Fsp3) is 0.407. The summed E-state index contributed by atoms with van der Waals surface area (Å²) < 4.78 is 8.15. The van der Waals surface area contributed by atoms with Gasteiger partial charge in [0.1, 0.15) is 11.1 Å². The van der Waals surface area contributed by atoms with Crippen molar-refractivity contribution < 1.29 is 9.53 Å². The molecule has 2 saturated heterocycles. The molecule has 2 fully saturated rings. The second kappa shape index (κ2) is 9.42. The third-order valence-electron chi connectivity index (χ3n) is 7.47. The number of anilines is 1. The van der Waals surface area contributed by atoms with Crippen LogP contribution in [0.3, 0.4) is 0 Å². The number of ether oxygens (including phenoxy) is 1. The van der Waals surface area contributed by atoms with Gasteiger partial charge in [-0.05, 0) is 57.2 Å². The summed E-state index contributed by atoms with van der Waals surface area (Å²) in [4.78, 5) is 33.8. The minimum absolute atomic E-state index is 0.123. The molecule has 0 atom stereocenters. The van der Waals surface area contributed by atoms with E-state index in [1.54, 1.807) is 18.3 Å². The zero-order valence-corrected chi connectivity index (χ0v) is 21.2. The van der Waals surface area contributed by atoms with E-state index in [9.17, 15) is 9.59 Å². The Kier molecular flexibility index (Phi) is 6.11. The number of rotatable bonds is 5. The molecule has 3 aliphatic heterocycles. The summed E-state index contributed by atoms with van der Waals surface area (Å²) in [6.07, 6.45) is 4.03. The summed E-state index contributed by atoms with van der Waals surface area (Å²) in [5.41, 5.74) is 2.13. The number of hydrogen-bond donors (Lipinski definition) is 1. The number of piperazine rings is 1. The molecule has 4 heterocycles. The van der Waals surface area contributed by atoms with Crippen molar-refractivity contribution in [3.05, 3.63) is 57.3 Å². The standard InChI is InChI=1S/C27H30ClN5O3/c1-30-10-12-32(13-11-30)19-15-20-25-24(16-19)36-23-5-4-18(28)14-22(23)33(25)17-21(26(20)34)27(35)29-6-9-31-7-2-3-8-31/h4-5,14-17H,2-3,6-13H2,1H3,(H,29,35). The third-order valence-corrected chi connectivity index (χ3v) is 7.71. The van der Waals surface area contributed by atoms with Crippen LogP contribution in [0, 0.1) is 0 Å². The van der Waals surface area contributed by atoms with Gasteiger partial charge in [-0.3, -0.25) is 9.59 Å². The quantitative estimate of drug-likeness (QED) is 0.447. The number of hydrogen-bond acceptors (Lipinski definition) is 6. The van der Waals surface area contributed by atoms with Crippen LogP contribution in [-0.2, 0) is 0 Å². The Balaban J connectivity index is 1.43. The van der Waals surface area contributed by atoms with Gasteiger partial charge in [0.05, 0.1) is 11.1 Å². The molecule has 0 aliphatic carbocycles. The molecular formula is C27H30ClN5O3. The Morgan fingerprint density at radius 1 is 1.03 bits per heavy atom. The minimum atomic E-state index is -0.355. The molecule has 3 aromatic rings. The largest absolute Gasteiger partial charge is 0.453 e. The Hall–Kier alpha value is -3.07. The lowest BCUT2D eigenvalue weighted by molar-refractivity contribution is 0.0948. The van der Waals surface area contributed by atoms with Crippen LogP contribution >= 0.6 is 11.6 Å². The van der Waals surface area contributed by atoms with Gasteiger partial charge in [0, 0.05) is 62.2 Å². The number of carbonyl (C=O) groups is 1. The van der Waals surface area contributed by atoms with Crippen molar-refractivity contribution in [1.82, 2.24) is 19.7 Å². The molecule has 0 saturated carbocycles. The molecule has 1 amide bonds. The number of halogens is 1. The van der Waals surface area contributed by atoms with E-state index >= 15 is 0 Å². The summed E-state index contributed by atoms with van der Waals surface area (Å²) in [7, 11) is 2.11. The van der Waals surface area contributed by atoms with Gasteiger partial charge in [0.25, 0.3) is 5.91 Å². The average molecular weight is 508 g/mol. The first-order valence-corrected chi connectivity index (χ1v) is 13.0. The second-order valence-corrected chi connectivity index (χ2v) is 10.3. The molecule has 8 nitrogen and oxygen atoms in total. The number of likely N-dealkylation sites (N-methyl/N-ethyl adjacent to an activating group) is 1. The lowest BCUT2D eigenvalue weighted by Crippen LogP contribution is -2.44. The fourth-order valence-corrected chi connectivity index (χ4v) is 5.57. The fourth-order valence-electron chi connectivity index (χ4n) is 5.40. The number of benzene rings is 2. The molecular weight excluding hydrogens is 478 g/mol. The summed E-state index contributed by atoms with van der Waals surface area (Å²) in [5, 5.41) is 3.99. The zero-order chi connectivity index (χ0) is 24.8. The minimum Gasteiger partial charge on any atom is -0.453 e. The van der Waals surface area contributed by atoms with Crippen molar-refractivity contribution in [2.45, 2.75) is 12.8 Å². The van der Waals surface area contributed by atoms with Gasteiger partial charge < -0.3 is 29.3 Å². The topological polar surface area (TPSA) is 70.1 Å². The predicted octanol–water partition coefficient (Wildman–Crippen LogP) is 3.33. The summed E-state index contributed by atoms with van der Waals surface area (Å²) in [6.45, 7) is 7.03. The van der Waals surface area contributed by atoms with Crippen LogP contribution in [0.4, 0.5) is 5.69 Å². The average Bonchev–Trinajstić information content (AvgIpc) is 3.39. The van der Waals surface area contributed by atoms with E-state index in [0.717, 1.165) is 51.5 Å². The lowest BCUT2D eigenvalue weighted by Gasteiger charge is -2.35. The summed E-state index contributed by atoms with van der Waals surface area (Å²) >= 11 is 6.32. The van der Waals surface area contributed by atoms with Crippen molar-refractivity contribution in [1.29, 1.82) is 0 Å². The van der Waals surface area contributed by atoms with Gasteiger partial charge in [-0.2, -0.15) is 0 Å². The number of carbonyl (C=O) groups excluding carboxylic acids is 1. The molecule has 0 bridgehead atoms. The number of likely N-dealkylation sites (tertiary alicyclic amines) is 1. The highest BCUT2D eigenvalue weighted by Gasteiger charge is 2.27. The van der Waals surface area contributed by atoms with Crippen molar-refractivity contribution in [3.63, 3.8) is 0 Å². The molecule has 0 radical (unpaired) electrons. The maximum atomic E-state index is 13.7. The monoisotopic (exact) mass is 507 g/mol. The number of pyridine rings is 1. The first kappa shape index (κ1) is 23.3. The van der Waals surface area contributed by atoms with Crippen LogP contribution in [0.2, 0.25) is 5.02 Å². The molecule has 0 spiro atoms. The van der Waals surface area contributed by atoms with Crippen LogP contribution in [0.15, 0.2) is 41.3 Å². The van der Waals surface area contributed by atoms with E-state index in [0.29, 0.717) is 39.7 Å². The molecule has 1 N–H and O–H groups in total. The highest BCUT2D eigenvalue weighted by atomic mass is 35.5. The van der Waals surface area contributed by atoms with E-state index in [1.165, 1.54) is 12.8 Å². The van der Waals surface area contributed by atoms with Gasteiger partial charge in [0.2, 0.25) is 5.43 Å². The van der Waals surface area contributed by atoms with Crippen LogP contribution in [0.1, 0.15) is 23.2 Å². The van der Waals surface area contributed by atoms with Crippen LogP contribution in [-0.4, -0.2) is 79.7 Å². The molecule has 6 rings (SSSR count). The molecule has 188 valence electrons. The Morgan fingerprint density at radius 3 is 2.58 bits per heavy atom. The highest BCUT2D eigenvalue weighted by molar-refractivity contribution is 6.30. The second-order valence-electron chi connectivity index (χ2n) is 9.89. The van der Waals surface area contributed by atoms with E-state index in [2.05, 4.69) is 27.1 Å². The Bertz CT molecular complexity index is 1390. The van der Waals surface area contributed by atoms with Gasteiger partial charge in [-0.25, -0.2) is 0 Å². The number of nitrogens with zero attached hydrogens (tertiary/aromatic N) is 4. The highest BCUT2D eigenvalue weighted by Crippen LogP contribution is 2.42. The Labute approximate surface area is 215 Å². The van der Waals surface area contributed by atoms with Crippen molar-refractivity contribution >= 4 is 34.1 Å². The Morgan fingerprint density at radius 2 is 1.81 bits per heavy atom. The van der Waals surface area contributed by atoms with Crippen LogP contribution in [0.5, 0.6) is 11.5 Å². The molecule has 1 aromatic heterocycles. The zero-order valence-electron chi connectivity index (χ0n) is 20.4. The van der Waals surface area contributed by atoms with Gasteiger partial charge in [-0.1, -0.05) is 11.6 Å². The number of nitrogens with one attached hydrogen (secondary N) is 1. The number of fused-ring (bicyclic) bond motifs is 2. The molecule has 2 aromatic carbocycles. The van der Waals surface area contributed by atoms with Crippen LogP contribution in [0.25, 0.3) is 16.6 Å². The first-order chi connectivity index (χ1) is 17.5. The molecule has 9 heteroatoms. The number of aromatic nitrogens is 1. The molecule has 0 unspecified atom stereocenters. The first-order valence-electron chi connectivity index (χ1n) is 12.6. The number of amides is 1. The van der Waals surface area contributed by atoms with E-state index in [1.807, 2.05) is 22.8 Å². The van der Waals surface area contributed by atoms with Crippen molar-refractivity contribution in [2.75, 3.05) is 64.3 Å². The summed E-state index contributed by atoms with van der Waals surface area (Å²) in [5.74, 6) is 0.883. The smallest absolute Gasteiger partial charge is 0.256 e. The predicted molar refractivity (Wildman–Crippen MR) is 142 cm³/mol. The van der Waals surface area contributed by atoms with Gasteiger partial charge in [0.15, 0.2) is 11.5 Å². The van der Waals surface area contributed by atoms with Crippen LogP contribution < -0.4 is 20.4 Å². The summed E-state index contributed by atoms with van der Waals surface area (Å²) in [6, 6.07) is 9.30. The maximum absolute atomic E-state index is 13.7. The maximum Gasteiger partial charge on any atom is 0.256 e. The molecule has 3 aliphatic rings. The van der Waals surface area contributed by atoms with Crippen molar-refractivity contribution in [2.24, 2.45) is 0 Å². The lowest BCUT2D eigenvalue weighted by atomic mass is 10.1. The third kappa shape index (κ3) is 4.23. The molecule has 36 heavy (non-hydrogen) atoms.